The molecule has 48 heavy (non-hydrogen) atoms. The highest BCUT2D eigenvalue weighted by atomic mass is 19.1. The van der Waals surface area contributed by atoms with Crippen molar-refractivity contribution in [3.8, 4) is 28.7 Å². The molecule has 1 amide bonds. The first-order valence-corrected chi connectivity index (χ1v) is 16.6. The molecule has 0 radical (unpaired) electrons. The van der Waals surface area contributed by atoms with Gasteiger partial charge in [0, 0.05) is 64.6 Å². The van der Waals surface area contributed by atoms with E-state index in [1.807, 2.05) is 44.3 Å². The largest absolute Gasteiger partial charge is 0.496 e. The molecule has 1 unspecified atom stereocenters. The molecule has 2 aliphatic heterocycles. The van der Waals surface area contributed by atoms with E-state index in [0.29, 0.717) is 37.9 Å². The Kier molecular flexibility index (Phi) is 9.46. The average Bonchev–Trinajstić information content (AvgIpc) is 3.83. The molecule has 6 rings (SSSR count). The van der Waals surface area contributed by atoms with E-state index in [0.717, 1.165) is 66.5 Å². The van der Waals surface area contributed by atoms with Crippen LogP contribution in [0.5, 0.6) is 11.5 Å². The molecule has 1 aromatic heterocycles. The van der Waals surface area contributed by atoms with E-state index in [4.69, 9.17) is 9.47 Å². The van der Waals surface area contributed by atoms with Crippen molar-refractivity contribution in [2.45, 2.75) is 57.9 Å². The van der Waals surface area contributed by atoms with Crippen LogP contribution >= 0.6 is 0 Å². The fourth-order valence-corrected chi connectivity index (χ4v) is 7.10. The number of nitrogens with zero attached hydrogens (tertiary/aromatic N) is 5. The molecule has 0 spiro atoms. The Bertz CT molecular complexity index is 1800. The fourth-order valence-electron chi connectivity index (χ4n) is 7.10. The monoisotopic (exact) mass is 653 g/mol. The van der Waals surface area contributed by atoms with Gasteiger partial charge in [-0.05, 0) is 85.2 Å². The molecule has 9 nitrogen and oxygen atoms in total. The van der Waals surface area contributed by atoms with Crippen LogP contribution in [0.3, 0.4) is 0 Å². The van der Waals surface area contributed by atoms with E-state index in [1.165, 1.54) is 17.2 Å². The van der Waals surface area contributed by atoms with Gasteiger partial charge in [-0.25, -0.2) is 4.39 Å². The number of hydrogen-bond acceptors (Lipinski definition) is 7. The Balaban J connectivity index is 1.11. The lowest BCUT2D eigenvalue weighted by Gasteiger charge is -2.38. The second-order valence-corrected chi connectivity index (χ2v) is 13.4. The first-order valence-electron chi connectivity index (χ1n) is 16.6. The molecule has 10 heteroatoms. The first kappa shape index (κ1) is 33.4. The predicted octanol–water partition coefficient (Wildman–Crippen LogP) is 5.09. The number of methoxy groups -OCH3 is 2. The standard InChI is InChI=1S/C38H44FN5O4/c1-25-17-29(22-41(3)36(25)45)28-18-34(47-4)33(35(19-28)48-5)24-43-15-13-42(14-16-43)23-27-7-6-8-31-26(2)44(12-9-32(27)31)37(46)30(21-40)20-38(39)10-11-38/h6-8,17-20,22,26H,9-16,23-24H2,1-5H3/b30-20+. The van der Waals surface area contributed by atoms with E-state index in [1.54, 1.807) is 30.7 Å². The van der Waals surface area contributed by atoms with Crippen LogP contribution in [0.2, 0.25) is 0 Å². The molecule has 2 fully saturated rings. The number of aromatic nitrogens is 1. The Hall–Kier alpha value is -4.46. The summed E-state index contributed by atoms with van der Waals surface area (Å²) in [7, 11) is 5.11. The van der Waals surface area contributed by atoms with Crippen LogP contribution in [0.1, 0.15) is 53.6 Å². The summed E-state index contributed by atoms with van der Waals surface area (Å²) in [5, 5.41) is 9.59. The van der Waals surface area contributed by atoms with Gasteiger partial charge in [0.15, 0.2) is 0 Å². The minimum Gasteiger partial charge on any atom is -0.496 e. The smallest absolute Gasteiger partial charge is 0.264 e. The maximum absolute atomic E-state index is 14.4. The van der Waals surface area contributed by atoms with E-state index < -0.39 is 5.67 Å². The van der Waals surface area contributed by atoms with Crippen LogP contribution in [0, 0.1) is 18.3 Å². The fraction of sp³-hybridized carbons (Fsp3) is 0.447. The zero-order valence-corrected chi connectivity index (χ0v) is 28.5. The molecule has 3 aromatic rings. The summed E-state index contributed by atoms with van der Waals surface area (Å²) in [5.74, 6) is 1.13. The number of allylic oxidation sites excluding steroid dienone is 1. The summed E-state index contributed by atoms with van der Waals surface area (Å²) in [4.78, 5) is 32.1. The molecule has 1 aliphatic carbocycles. The van der Waals surface area contributed by atoms with E-state index in [2.05, 4.69) is 28.0 Å². The Morgan fingerprint density at radius 3 is 2.25 bits per heavy atom. The zero-order valence-electron chi connectivity index (χ0n) is 28.5. The van der Waals surface area contributed by atoms with Crippen molar-refractivity contribution in [3.05, 3.63) is 92.4 Å². The van der Waals surface area contributed by atoms with Gasteiger partial charge in [-0.3, -0.25) is 19.4 Å². The summed E-state index contributed by atoms with van der Waals surface area (Å²) in [6.45, 7) is 9.43. The quantitative estimate of drug-likeness (QED) is 0.235. The predicted molar refractivity (Wildman–Crippen MR) is 183 cm³/mol. The number of benzene rings is 2. The molecule has 3 aliphatic rings. The van der Waals surface area contributed by atoms with Crippen molar-refractivity contribution < 1.29 is 18.7 Å². The average molecular weight is 654 g/mol. The number of pyridine rings is 1. The third-order valence-corrected chi connectivity index (χ3v) is 10.1. The van der Waals surface area contributed by atoms with Gasteiger partial charge in [-0.1, -0.05) is 18.2 Å². The number of hydrogen-bond donors (Lipinski definition) is 0. The number of fused-ring (bicyclic) bond motifs is 1. The SMILES string of the molecule is COc1cc(-c2cc(C)c(=O)n(C)c2)cc(OC)c1CN1CCN(Cc2cccc3c2CCN(C(=O)/C(C#N)=C/C2(F)CC2)C3C)CC1. The summed E-state index contributed by atoms with van der Waals surface area (Å²) in [6, 6.07) is 14.0. The number of halogens is 1. The van der Waals surface area contributed by atoms with E-state index in [-0.39, 0.29) is 23.1 Å². The summed E-state index contributed by atoms with van der Waals surface area (Å²) < 4.78 is 27.7. The summed E-state index contributed by atoms with van der Waals surface area (Å²) in [6.07, 6.45) is 4.51. The van der Waals surface area contributed by atoms with Crippen LogP contribution in [0.4, 0.5) is 4.39 Å². The van der Waals surface area contributed by atoms with Crippen molar-refractivity contribution in [2.24, 2.45) is 7.05 Å². The number of piperazine rings is 1. The van der Waals surface area contributed by atoms with Gasteiger partial charge < -0.3 is 18.9 Å². The highest BCUT2D eigenvalue weighted by Gasteiger charge is 2.43. The van der Waals surface area contributed by atoms with Gasteiger partial charge >= 0.3 is 0 Å². The Labute approximate surface area is 281 Å². The minimum atomic E-state index is -1.50. The number of carbonyl (C=O) groups is 1. The molecule has 252 valence electrons. The van der Waals surface area contributed by atoms with Gasteiger partial charge in [0.25, 0.3) is 11.5 Å². The molecule has 1 saturated heterocycles. The van der Waals surface area contributed by atoms with Crippen molar-refractivity contribution in [1.29, 1.82) is 5.26 Å². The molecule has 0 bridgehead atoms. The minimum absolute atomic E-state index is 0.0151. The summed E-state index contributed by atoms with van der Waals surface area (Å²) >= 11 is 0. The number of amides is 1. The number of alkyl halides is 1. The number of nitriles is 1. The van der Waals surface area contributed by atoms with Crippen molar-refractivity contribution >= 4 is 5.91 Å². The van der Waals surface area contributed by atoms with Crippen LogP contribution in [-0.4, -0.2) is 77.8 Å². The third kappa shape index (κ3) is 6.75. The van der Waals surface area contributed by atoms with Gasteiger partial charge in [-0.15, -0.1) is 0 Å². The Morgan fingerprint density at radius 1 is 1.02 bits per heavy atom. The van der Waals surface area contributed by atoms with Gasteiger partial charge in [0.1, 0.15) is 28.8 Å². The highest BCUT2D eigenvalue weighted by Crippen LogP contribution is 2.42. The molecule has 1 atom stereocenters. The second-order valence-electron chi connectivity index (χ2n) is 13.4. The van der Waals surface area contributed by atoms with E-state index >= 15 is 0 Å². The molecule has 1 saturated carbocycles. The van der Waals surface area contributed by atoms with Crippen molar-refractivity contribution in [3.63, 3.8) is 0 Å². The molecule has 3 heterocycles. The highest BCUT2D eigenvalue weighted by molar-refractivity contribution is 5.98. The summed E-state index contributed by atoms with van der Waals surface area (Å²) in [5.41, 5.74) is 5.56. The van der Waals surface area contributed by atoms with Gasteiger partial charge in [-0.2, -0.15) is 5.26 Å². The van der Waals surface area contributed by atoms with Crippen LogP contribution < -0.4 is 15.0 Å². The number of aryl methyl sites for hydroxylation is 2. The Morgan fingerprint density at radius 2 is 1.67 bits per heavy atom. The number of carbonyl (C=O) groups excluding carboxylic acids is 1. The lowest BCUT2D eigenvalue weighted by atomic mass is 9.89. The maximum Gasteiger partial charge on any atom is 0.264 e. The van der Waals surface area contributed by atoms with Crippen molar-refractivity contribution in [1.82, 2.24) is 19.3 Å². The normalized spacial score (nSPS) is 19.4. The maximum atomic E-state index is 14.4. The molecular weight excluding hydrogens is 609 g/mol. The van der Waals surface area contributed by atoms with Gasteiger partial charge in [0.2, 0.25) is 0 Å². The number of ether oxygens (including phenoxy) is 2. The third-order valence-electron chi connectivity index (χ3n) is 10.1. The molecule has 2 aromatic carbocycles. The number of rotatable bonds is 9. The van der Waals surface area contributed by atoms with Crippen LogP contribution in [0.15, 0.2) is 59.0 Å². The topological polar surface area (TPSA) is 91.0 Å². The zero-order chi connectivity index (χ0) is 34.2. The first-order chi connectivity index (χ1) is 23.0. The second kappa shape index (κ2) is 13.6. The molecular formula is C38H44FN5O4. The lowest BCUT2D eigenvalue weighted by molar-refractivity contribution is -0.129. The lowest BCUT2D eigenvalue weighted by Crippen LogP contribution is -2.45. The van der Waals surface area contributed by atoms with E-state index in [9.17, 15) is 19.2 Å². The molecule has 0 N–H and O–H groups in total. The van der Waals surface area contributed by atoms with Crippen LogP contribution in [-0.2, 0) is 31.4 Å². The van der Waals surface area contributed by atoms with Crippen LogP contribution in [0.25, 0.3) is 11.1 Å². The van der Waals surface area contributed by atoms with Crippen molar-refractivity contribution in [2.75, 3.05) is 46.9 Å². The van der Waals surface area contributed by atoms with Gasteiger partial charge in [0.05, 0.1) is 25.8 Å².